The zero-order valence-electron chi connectivity index (χ0n) is 13.2. The summed E-state index contributed by atoms with van der Waals surface area (Å²) < 4.78 is 5.17. The molecule has 0 fully saturated rings. The van der Waals surface area contributed by atoms with Gasteiger partial charge in [-0.2, -0.15) is 0 Å². The summed E-state index contributed by atoms with van der Waals surface area (Å²) in [5, 5.41) is 3.36. The number of nitrogens with one attached hydrogen (secondary N) is 1. The van der Waals surface area contributed by atoms with Crippen molar-refractivity contribution in [2.45, 2.75) is 13.3 Å². The van der Waals surface area contributed by atoms with Gasteiger partial charge in [-0.1, -0.05) is 30.7 Å². The molecule has 6 heteroatoms. The molecule has 2 aromatic carbocycles. The number of amides is 1. The quantitative estimate of drug-likeness (QED) is 0.683. The second-order valence-corrected chi connectivity index (χ2v) is 5.98. The second-order valence-electron chi connectivity index (χ2n) is 5.54. The molecule has 2 aromatic rings. The van der Waals surface area contributed by atoms with Gasteiger partial charge in [0.2, 0.25) is 5.91 Å². The first-order valence-electron chi connectivity index (χ1n) is 7.69. The Balaban J connectivity index is 1.72. The van der Waals surface area contributed by atoms with E-state index in [0.29, 0.717) is 16.5 Å². The van der Waals surface area contributed by atoms with Crippen LogP contribution in [0.3, 0.4) is 0 Å². The molecule has 3 rings (SSSR count). The van der Waals surface area contributed by atoms with Crippen LogP contribution in [0.15, 0.2) is 42.5 Å². The van der Waals surface area contributed by atoms with Crippen LogP contribution in [-0.4, -0.2) is 25.0 Å². The van der Waals surface area contributed by atoms with Crippen LogP contribution in [0.2, 0.25) is 5.02 Å². The number of nitrogens with zero attached hydrogens (tertiary/aromatic N) is 1. The lowest BCUT2D eigenvalue weighted by Crippen LogP contribution is -2.41. The minimum atomic E-state index is -0.398. The summed E-state index contributed by atoms with van der Waals surface area (Å²) >= 11 is 6.01. The Morgan fingerprint density at radius 2 is 2.00 bits per heavy atom. The van der Waals surface area contributed by atoms with Crippen molar-refractivity contribution in [1.29, 1.82) is 0 Å². The predicted octanol–water partition coefficient (Wildman–Crippen LogP) is 3.27. The van der Waals surface area contributed by atoms with Crippen molar-refractivity contribution in [1.82, 2.24) is 0 Å². The zero-order valence-corrected chi connectivity index (χ0v) is 14.0. The summed E-state index contributed by atoms with van der Waals surface area (Å²) in [4.78, 5) is 25.7. The molecule has 0 spiro atoms. The van der Waals surface area contributed by atoms with Gasteiger partial charge in [-0.25, -0.2) is 4.79 Å². The van der Waals surface area contributed by atoms with E-state index in [1.807, 2.05) is 24.3 Å². The van der Waals surface area contributed by atoms with E-state index in [0.717, 1.165) is 12.1 Å². The minimum absolute atomic E-state index is 0.00946. The smallest absolute Gasteiger partial charge is 0.331 e. The highest BCUT2D eigenvalue weighted by Gasteiger charge is 2.25. The summed E-state index contributed by atoms with van der Waals surface area (Å²) in [7, 11) is 0. The van der Waals surface area contributed by atoms with Crippen molar-refractivity contribution in [3.05, 3.63) is 53.1 Å². The first kappa shape index (κ1) is 16.3. The van der Waals surface area contributed by atoms with Gasteiger partial charge in [-0.15, -0.1) is 0 Å². The van der Waals surface area contributed by atoms with E-state index in [9.17, 15) is 9.59 Å². The average Bonchev–Trinajstić information content (AvgIpc) is 2.56. The van der Waals surface area contributed by atoms with Crippen LogP contribution in [0, 0.1) is 0 Å². The summed E-state index contributed by atoms with van der Waals surface area (Å²) in [5.41, 5.74) is 2.57. The molecule has 0 saturated heterocycles. The van der Waals surface area contributed by atoms with E-state index in [1.165, 1.54) is 5.56 Å². The molecule has 0 saturated carbocycles. The van der Waals surface area contributed by atoms with Gasteiger partial charge < -0.3 is 15.0 Å². The number of benzene rings is 2. The molecular formula is C18H17ClN2O3. The molecule has 0 bridgehead atoms. The number of anilines is 2. The Bertz CT molecular complexity index is 774. The molecule has 24 heavy (non-hydrogen) atoms. The Morgan fingerprint density at radius 1 is 1.25 bits per heavy atom. The molecule has 1 aliphatic heterocycles. The maximum absolute atomic E-state index is 12.3. The largest absolute Gasteiger partial charge is 0.423 e. The van der Waals surface area contributed by atoms with E-state index in [4.69, 9.17) is 16.3 Å². The van der Waals surface area contributed by atoms with Crippen LogP contribution in [0.5, 0.6) is 5.75 Å². The second kappa shape index (κ2) is 6.93. The molecule has 1 amide bonds. The van der Waals surface area contributed by atoms with Gasteiger partial charge in [0, 0.05) is 10.7 Å². The number of rotatable bonds is 4. The molecule has 124 valence electrons. The van der Waals surface area contributed by atoms with Crippen molar-refractivity contribution in [3.63, 3.8) is 0 Å². The summed E-state index contributed by atoms with van der Waals surface area (Å²) in [6.07, 6.45) is 0.946. The Morgan fingerprint density at radius 3 is 2.71 bits per heavy atom. The third-order valence-corrected chi connectivity index (χ3v) is 4.02. The van der Waals surface area contributed by atoms with E-state index in [2.05, 4.69) is 12.2 Å². The van der Waals surface area contributed by atoms with Gasteiger partial charge in [0.15, 0.2) is 5.75 Å². The highest BCUT2D eigenvalue weighted by atomic mass is 35.5. The van der Waals surface area contributed by atoms with Crippen molar-refractivity contribution in [2.75, 3.05) is 23.3 Å². The maximum atomic E-state index is 12.3. The van der Waals surface area contributed by atoms with E-state index >= 15 is 0 Å². The molecule has 0 radical (unpaired) electrons. The van der Waals surface area contributed by atoms with Crippen molar-refractivity contribution in [2.24, 2.45) is 0 Å². The van der Waals surface area contributed by atoms with E-state index in [1.54, 1.807) is 23.1 Å². The number of carbonyl (C=O) groups is 2. The van der Waals surface area contributed by atoms with Gasteiger partial charge in [0.05, 0.1) is 12.2 Å². The lowest BCUT2D eigenvalue weighted by atomic mass is 10.1. The number of carbonyl (C=O) groups excluding carboxylic acids is 2. The van der Waals surface area contributed by atoms with Crippen LogP contribution < -0.4 is 15.0 Å². The summed E-state index contributed by atoms with van der Waals surface area (Å²) in [5.74, 6) is -0.194. The van der Waals surface area contributed by atoms with Crippen LogP contribution in [0.1, 0.15) is 12.5 Å². The van der Waals surface area contributed by atoms with E-state index < -0.39 is 5.97 Å². The summed E-state index contributed by atoms with van der Waals surface area (Å²) in [6.45, 7) is 2.12. The van der Waals surface area contributed by atoms with Crippen molar-refractivity contribution in [3.8, 4) is 5.75 Å². The van der Waals surface area contributed by atoms with E-state index in [-0.39, 0.29) is 19.0 Å². The van der Waals surface area contributed by atoms with Gasteiger partial charge in [-0.05, 0) is 42.3 Å². The molecule has 1 N–H and O–H groups in total. The average molecular weight is 345 g/mol. The first-order valence-corrected chi connectivity index (χ1v) is 8.07. The number of esters is 1. The number of ether oxygens (including phenoxy) is 1. The molecule has 0 unspecified atom stereocenters. The molecule has 0 aromatic heterocycles. The number of fused-ring (bicyclic) bond motifs is 1. The molecule has 1 heterocycles. The van der Waals surface area contributed by atoms with Gasteiger partial charge >= 0.3 is 5.97 Å². The summed E-state index contributed by atoms with van der Waals surface area (Å²) in [6, 6.07) is 12.6. The third-order valence-electron chi connectivity index (χ3n) is 3.79. The lowest BCUT2D eigenvalue weighted by molar-refractivity contribution is -0.133. The van der Waals surface area contributed by atoms with Gasteiger partial charge in [-0.3, -0.25) is 4.79 Å². The molecule has 0 atom stereocenters. The molecule has 0 aliphatic carbocycles. The molecule has 5 nitrogen and oxygen atoms in total. The third kappa shape index (κ3) is 3.68. The zero-order chi connectivity index (χ0) is 17.1. The van der Waals surface area contributed by atoms with Crippen LogP contribution in [0.25, 0.3) is 0 Å². The minimum Gasteiger partial charge on any atom is -0.423 e. The van der Waals surface area contributed by atoms with Crippen LogP contribution in [0.4, 0.5) is 11.4 Å². The van der Waals surface area contributed by atoms with Gasteiger partial charge in [0.25, 0.3) is 0 Å². The monoisotopic (exact) mass is 344 g/mol. The maximum Gasteiger partial charge on any atom is 0.331 e. The number of hydrogen-bond donors (Lipinski definition) is 1. The first-order chi connectivity index (χ1) is 11.5. The van der Waals surface area contributed by atoms with Gasteiger partial charge in [0.1, 0.15) is 6.54 Å². The number of aryl methyl sites for hydroxylation is 1. The fourth-order valence-corrected chi connectivity index (χ4v) is 2.72. The highest BCUT2D eigenvalue weighted by Crippen LogP contribution is 2.34. The molecule has 1 aliphatic rings. The lowest BCUT2D eigenvalue weighted by Gasteiger charge is -2.29. The fraction of sp³-hybridized carbons (Fsp3) is 0.222. The predicted molar refractivity (Wildman–Crippen MR) is 93.7 cm³/mol. The van der Waals surface area contributed by atoms with Crippen molar-refractivity contribution >= 4 is 34.9 Å². The molecular weight excluding hydrogens is 328 g/mol. The number of hydrogen-bond acceptors (Lipinski definition) is 4. The topological polar surface area (TPSA) is 58.6 Å². The fourth-order valence-electron chi connectivity index (χ4n) is 2.56. The van der Waals surface area contributed by atoms with Crippen LogP contribution in [-0.2, 0) is 16.0 Å². The number of halogens is 1. The van der Waals surface area contributed by atoms with Crippen molar-refractivity contribution < 1.29 is 14.3 Å². The Labute approximate surface area is 145 Å². The Kier molecular flexibility index (Phi) is 4.71. The SMILES string of the molecule is CCc1ccc(NC(=O)CN2CC(=O)Oc3ccc(Cl)cc32)cc1. The standard InChI is InChI=1S/C18H17ClN2O3/c1-2-12-3-6-14(7-4-12)20-17(22)10-21-11-18(23)24-16-8-5-13(19)9-15(16)21/h3-9H,2,10-11H2,1H3,(H,20,22). The van der Waals surface area contributed by atoms with Crippen LogP contribution >= 0.6 is 11.6 Å². The highest BCUT2D eigenvalue weighted by molar-refractivity contribution is 6.31. The Hall–Kier alpha value is -2.53. The normalized spacial score (nSPS) is 13.2.